The Bertz CT molecular complexity index is 985. The smallest absolute Gasteiger partial charge is 0.261 e. The summed E-state index contributed by atoms with van der Waals surface area (Å²) in [5, 5.41) is 3.75. The quantitative estimate of drug-likeness (QED) is 0.553. The molecule has 0 unspecified atom stereocenters. The van der Waals surface area contributed by atoms with Crippen molar-refractivity contribution >= 4 is 23.4 Å². The number of carbonyl (C=O) groups is 2. The Kier molecular flexibility index (Phi) is 8.79. The number of hydrogen-bond donors (Lipinski definition) is 1. The van der Waals surface area contributed by atoms with Crippen molar-refractivity contribution in [2.45, 2.75) is 78.4 Å². The number of benzene rings is 2. The topological polar surface area (TPSA) is 58.6 Å². The highest BCUT2D eigenvalue weighted by atomic mass is 35.5. The number of rotatable bonds is 8. The van der Waals surface area contributed by atoms with Crippen LogP contribution in [0.2, 0.25) is 5.02 Å². The largest absolute Gasteiger partial charge is 0.483 e. The van der Waals surface area contributed by atoms with Crippen LogP contribution >= 0.6 is 11.6 Å². The molecular weight excluding hydrogens is 436 g/mol. The van der Waals surface area contributed by atoms with Gasteiger partial charge in [0.15, 0.2) is 6.61 Å². The third-order valence-corrected chi connectivity index (χ3v) is 6.71. The van der Waals surface area contributed by atoms with E-state index in [0.717, 1.165) is 47.9 Å². The van der Waals surface area contributed by atoms with Crippen LogP contribution in [0.15, 0.2) is 36.4 Å². The molecular formula is C27H35ClN2O3. The summed E-state index contributed by atoms with van der Waals surface area (Å²) in [4.78, 5) is 28.0. The van der Waals surface area contributed by atoms with Crippen molar-refractivity contribution in [2.75, 3.05) is 6.61 Å². The van der Waals surface area contributed by atoms with Gasteiger partial charge < -0.3 is 15.0 Å². The van der Waals surface area contributed by atoms with E-state index < -0.39 is 6.04 Å². The third kappa shape index (κ3) is 6.97. The molecule has 6 heteroatoms. The van der Waals surface area contributed by atoms with Gasteiger partial charge in [-0.3, -0.25) is 9.59 Å². The summed E-state index contributed by atoms with van der Waals surface area (Å²) in [6.45, 7) is 7.95. The van der Waals surface area contributed by atoms with Gasteiger partial charge in [-0.1, -0.05) is 49.1 Å². The number of ether oxygens (including phenoxy) is 1. The van der Waals surface area contributed by atoms with Crippen molar-refractivity contribution in [3.63, 3.8) is 0 Å². The van der Waals surface area contributed by atoms with Gasteiger partial charge in [-0.25, -0.2) is 0 Å². The lowest BCUT2D eigenvalue weighted by atomic mass is 9.95. The molecule has 0 aromatic heterocycles. The minimum Gasteiger partial charge on any atom is -0.483 e. The van der Waals surface area contributed by atoms with Crippen LogP contribution in [0.25, 0.3) is 0 Å². The second kappa shape index (κ2) is 11.6. The summed E-state index contributed by atoms with van der Waals surface area (Å²) in [6, 6.07) is 11.0. The van der Waals surface area contributed by atoms with Crippen LogP contribution in [0.3, 0.4) is 0 Å². The average Bonchev–Trinajstić information content (AvgIpc) is 2.79. The highest BCUT2D eigenvalue weighted by Gasteiger charge is 2.28. The number of nitrogens with zero attached hydrogens (tertiary/aromatic N) is 1. The van der Waals surface area contributed by atoms with Crippen molar-refractivity contribution in [1.82, 2.24) is 10.2 Å². The highest BCUT2D eigenvalue weighted by Crippen LogP contribution is 2.24. The van der Waals surface area contributed by atoms with Crippen LogP contribution in [0.1, 0.15) is 61.3 Å². The molecule has 2 aromatic carbocycles. The molecule has 0 aliphatic heterocycles. The van der Waals surface area contributed by atoms with E-state index in [9.17, 15) is 9.59 Å². The van der Waals surface area contributed by atoms with Crippen LogP contribution in [-0.4, -0.2) is 35.4 Å². The van der Waals surface area contributed by atoms with Crippen LogP contribution in [-0.2, 0) is 16.1 Å². The summed E-state index contributed by atoms with van der Waals surface area (Å²) in [7, 11) is 0. The van der Waals surface area contributed by atoms with Gasteiger partial charge in [-0.15, -0.1) is 0 Å². The summed E-state index contributed by atoms with van der Waals surface area (Å²) in [5.41, 5.74) is 4.08. The Morgan fingerprint density at radius 3 is 2.55 bits per heavy atom. The zero-order valence-electron chi connectivity index (χ0n) is 20.1. The first-order chi connectivity index (χ1) is 15.7. The van der Waals surface area contributed by atoms with Gasteiger partial charge in [0.2, 0.25) is 5.91 Å². The fourth-order valence-electron chi connectivity index (χ4n) is 4.36. The summed E-state index contributed by atoms with van der Waals surface area (Å²) >= 11 is 6.16. The predicted molar refractivity (Wildman–Crippen MR) is 133 cm³/mol. The molecule has 3 rings (SSSR count). The summed E-state index contributed by atoms with van der Waals surface area (Å²) in [5.74, 6) is 0.336. The van der Waals surface area contributed by atoms with Gasteiger partial charge in [0.1, 0.15) is 11.8 Å². The number of hydrogen-bond acceptors (Lipinski definition) is 3. The van der Waals surface area contributed by atoms with Gasteiger partial charge in [0.25, 0.3) is 5.91 Å². The lowest BCUT2D eigenvalue weighted by Crippen LogP contribution is -2.51. The second-order valence-electron chi connectivity index (χ2n) is 9.16. The van der Waals surface area contributed by atoms with Gasteiger partial charge in [0.05, 0.1) is 0 Å². The number of amides is 2. The number of aryl methyl sites for hydroxylation is 2. The SMILES string of the molecule is Cc1cc(C)c(C)c(OCC(=O)N(Cc2cccc(Cl)c2)[C@H](C)C(=O)NC2CCCCC2)c1. The van der Waals surface area contributed by atoms with Gasteiger partial charge in [-0.2, -0.15) is 0 Å². The monoisotopic (exact) mass is 470 g/mol. The Labute approximate surface area is 202 Å². The average molecular weight is 471 g/mol. The fourth-order valence-corrected chi connectivity index (χ4v) is 4.57. The van der Waals surface area contributed by atoms with E-state index in [2.05, 4.69) is 11.4 Å². The summed E-state index contributed by atoms with van der Waals surface area (Å²) < 4.78 is 5.93. The molecule has 0 saturated heterocycles. The van der Waals surface area contributed by atoms with Crippen LogP contribution < -0.4 is 10.1 Å². The van der Waals surface area contributed by atoms with Crippen LogP contribution in [0.5, 0.6) is 5.75 Å². The third-order valence-electron chi connectivity index (χ3n) is 6.48. The standard InChI is InChI=1S/C27H35ClN2O3/c1-18-13-19(2)20(3)25(14-18)33-17-26(31)30(16-22-9-8-10-23(28)15-22)21(4)27(32)29-24-11-6-5-7-12-24/h8-10,13-15,21,24H,5-7,11-12,16-17H2,1-4H3,(H,29,32)/t21-/m1/s1. The van der Waals surface area contributed by atoms with E-state index in [4.69, 9.17) is 16.3 Å². The molecule has 1 aliphatic carbocycles. The molecule has 0 bridgehead atoms. The fraction of sp³-hybridized carbons (Fsp3) is 0.481. The van der Waals surface area contributed by atoms with Crippen LogP contribution in [0.4, 0.5) is 0 Å². The normalized spacial score (nSPS) is 15.1. The molecule has 178 valence electrons. The van der Waals surface area contributed by atoms with E-state index in [1.165, 1.54) is 6.42 Å². The van der Waals surface area contributed by atoms with Crippen LogP contribution in [0, 0.1) is 20.8 Å². The zero-order valence-corrected chi connectivity index (χ0v) is 20.9. The first kappa shape index (κ1) is 25.1. The lowest BCUT2D eigenvalue weighted by Gasteiger charge is -2.31. The van der Waals surface area contributed by atoms with Gasteiger partial charge >= 0.3 is 0 Å². The molecule has 1 fully saturated rings. The maximum Gasteiger partial charge on any atom is 0.261 e. The molecule has 1 aliphatic rings. The number of carbonyl (C=O) groups excluding carboxylic acids is 2. The van der Waals surface area contributed by atoms with Gasteiger partial charge in [0, 0.05) is 17.6 Å². The maximum absolute atomic E-state index is 13.3. The van der Waals surface area contributed by atoms with E-state index in [-0.39, 0.29) is 31.0 Å². The molecule has 2 amide bonds. The van der Waals surface area contributed by atoms with Crippen molar-refractivity contribution in [1.29, 1.82) is 0 Å². The Hall–Kier alpha value is -2.53. The maximum atomic E-state index is 13.3. The summed E-state index contributed by atoms with van der Waals surface area (Å²) in [6.07, 6.45) is 5.48. The molecule has 0 radical (unpaired) electrons. The second-order valence-corrected chi connectivity index (χ2v) is 9.60. The van der Waals surface area contributed by atoms with Gasteiger partial charge in [-0.05, 0) is 81.0 Å². The minimum atomic E-state index is -0.623. The minimum absolute atomic E-state index is 0.125. The van der Waals surface area contributed by atoms with E-state index in [1.807, 2.05) is 45.0 Å². The molecule has 0 spiro atoms. The molecule has 1 atom stereocenters. The van der Waals surface area contributed by atoms with E-state index in [0.29, 0.717) is 10.8 Å². The Morgan fingerprint density at radius 1 is 1.12 bits per heavy atom. The zero-order chi connectivity index (χ0) is 24.0. The lowest BCUT2D eigenvalue weighted by molar-refractivity contribution is -0.142. The molecule has 33 heavy (non-hydrogen) atoms. The first-order valence-corrected chi connectivity index (χ1v) is 12.2. The van der Waals surface area contributed by atoms with Crippen molar-refractivity contribution in [3.05, 3.63) is 63.7 Å². The molecule has 2 aromatic rings. The number of halogens is 1. The van der Waals surface area contributed by atoms with E-state index >= 15 is 0 Å². The Balaban J connectivity index is 1.75. The van der Waals surface area contributed by atoms with Crippen molar-refractivity contribution < 1.29 is 14.3 Å². The molecule has 5 nitrogen and oxygen atoms in total. The molecule has 0 heterocycles. The predicted octanol–water partition coefficient (Wildman–Crippen LogP) is 5.51. The first-order valence-electron chi connectivity index (χ1n) is 11.8. The Morgan fingerprint density at radius 2 is 1.85 bits per heavy atom. The van der Waals surface area contributed by atoms with Crippen molar-refractivity contribution in [2.24, 2.45) is 0 Å². The van der Waals surface area contributed by atoms with Crippen molar-refractivity contribution in [3.8, 4) is 5.75 Å². The number of nitrogens with one attached hydrogen (secondary N) is 1. The molecule has 1 saturated carbocycles. The molecule has 1 N–H and O–H groups in total. The highest BCUT2D eigenvalue weighted by molar-refractivity contribution is 6.30. The van der Waals surface area contributed by atoms with E-state index in [1.54, 1.807) is 17.9 Å².